The van der Waals surface area contributed by atoms with Gasteiger partial charge in [-0.3, -0.25) is 0 Å². The van der Waals surface area contributed by atoms with Crippen LogP contribution >= 0.6 is 24.0 Å². The summed E-state index contributed by atoms with van der Waals surface area (Å²) in [6.45, 7) is 4.22. The van der Waals surface area contributed by atoms with E-state index in [4.69, 9.17) is 0 Å². The largest absolute Gasteiger partial charge is 0.363 e. The average Bonchev–Trinajstić information content (AvgIpc) is 3.27. The number of aliphatic imine (C=N–C) groups is 1. The Morgan fingerprint density at radius 2 is 1.87 bits per heavy atom. The maximum absolute atomic E-state index is 4.67. The number of halogens is 1. The molecule has 0 amide bonds. The fourth-order valence-electron chi connectivity index (χ4n) is 2.87. The first-order chi connectivity index (χ1) is 14.2. The molecule has 0 spiro atoms. The van der Waals surface area contributed by atoms with Gasteiger partial charge in [0.05, 0.1) is 17.9 Å². The minimum atomic E-state index is 0. The van der Waals surface area contributed by atoms with Gasteiger partial charge >= 0.3 is 0 Å². The Balaban J connectivity index is 0.00000320. The first-order valence-electron chi connectivity index (χ1n) is 9.90. The highest BCUT2D eigenvalue weighted by Gasteiger charge is 2.02. The van der Waals surface area contributed by atoms with Crippen molar-refractivity contribution in [3.05, 3.63) is 72.2 Å². The van der Waals surface area contributed by atoms with E-state index >= 15 is 0 Å². The number of nitrogens with one attached hydrogen (secondary N) is 2. The van der Waals surface area contributed by atoms with Crippen LogP contribution < -0.4 is 15.5 Å². The number of hydrogen-bond acceptors (Lipinski definition) is 4. The highest BCUT2D eigenvalue weighted by atomic mass is 127. The van der Waals surface area contributed by atoms with Crippen LogP contribution in [0.5, 0.6) is 0 Å². The van der Waals surface area contributed by atoms with Crippen LogP contribution in [0.3, 0.4) is 0 Å². The Morgan fingerprint density at radius 1 is 1.07 bits per heavy atom. The topological polar surface area (TPSA) is 70.4 Å². The number of guanidine groups is 1. The van der Waals surface area contributed by atoms with Crippen LogP contribution in [-0.4, -0.2) is 47.9 Å². The second-order valence-corrected chi connectivity index (χ2v) is 6.87. The van der Waals surface area contributed by atoms with Gasteiger partial charge in [-0.25, -0.2) is 14.7 Å². The van der Waals surface area contributed by atoms with Gasteiger partial charge in [-0.2, -0.15) is 5.10 Å². The Hall–Kier alpha value is -2.62. The number of anilines is 1. The summed E-state index contributed by atoms with van der Waals surface area (Å²) in [5.74, 6) is 1.74. The van der Waals surface area contributed by atoms with E-state index in [9.17, 15) is 0 Å². The second-order valence-electron chi connectivity index (χ2n) is 6.87. The molecule has 0 atom stereocenters. The van der Waals surface area contributed by atoms with E-state index in [1.165, 1.54) is 5.56 Å². The molecule has 2 heterocycles. The smallest absolute Gasteiger partial charge is 0.191 e. The first-order valence-corrected chi connectivity index (χ1v) is 9.90. The Bertz CT molecular complexity index is 906. The van der Waals surface area contributed by atoms with Gasteiger partial charge in [0.25, 0.3) is 0 Å². The number of benzene rings is 1. The molecule has 0 aliphatic carbocycles. The third-order valence-corrected chi connectivity index (χ3v) is 4.41. The van der Waals surface area contributed by atoms with Gasteiger partial charge in [-0.15, -0.1) is 24.0 Å². The van der Waals surface area contributed by atoms with Crippen LogP contribution in [0.2, 0.25) is 0 Å². The van der Waals surface area contributed by atoms with Crippen molar-refractivity contribution in [1.29, 1.82) is 0 Å². The Labute approximate surface area is 195 Å². The molecule has 0 unspecified atom stereocenters. The number of rotatable bonds is 8. The van der Waals surface area contributed by atoms with Crippen molar-refractivity contribution in [2.45, 2.75) is 19.9 Å². The maximum atomic E-state index is 4.67. The quantitative estimate of drug-likeness (QED) is 0.272. The maximum Gasteiger partial charge on any atom is 0.191 e. The summed E-state index contributed by atoms with van der Waals surface area (Å²) in [6.07, 6.45) is 4.64. The summed E-state index contributed by atoms with van der Waals surface area (Å²) in [7, 11) is 3.98. The lowest BCUT2D eigenvalue weighted by Gasteiger charge is -2.13. The van der Waals surface area contributed by atoms with Crippen molar-refractivity contribution >= 4 is 35.8 Å². The van der Waals surface area contributed by atoms with E-state index in [-0.39, 0.29) is 24.0 Å². The minimum absolute atomic E-state index is 0. The number of aromatic nitrogens is 3. The molecule has 0 saturated heterocycles. The normalized spacial score (nSPS) is 11.0. The molecule has 0 saturated carbocycles. The Kier molecular flexibility index (Phi) is 9.59. The van der Waals surface area contributed by atoms with Gasteiger partial charge in [0, 0.05) is 39.6 Å². The van der Waals surface area contributed by atoms with Gasteiger partial charge in [-0.05, 0) is 49.2 Å². The van der Waals surface area contributed by atoms with Crippen LogP contribution in [0.15, 0.2) is 65.9 Å². The molecule has 0 aliphatic heterocycles. The second kappa shape index (κ2) is 12.2. The SMILES string of the molecule is CCNC(=NCc1cccc(N(C)C)n1)NCCc1ccc(-n2cccn2)cc1.I. The molecule has 7 nitrogen and oxygen atoms in total. The average molecular weight is 519 g/mol. The molecular formula is C22H30IN7. The summed E-state index contributed by atoms with van der Waals surface area (Å²) in [6, 6.07) is 16.4. The molecule has 0 fully saturated rings. The molecule has 2 aromatic heterocycles. The van der Waals surface area contributed by atoms with Crippen LogP contribution in [0.25, 0.3) is 5.69 Å². The predicted molar refractivity (Wildman–Crippen MR) is 134 cm³/mol. The molecule has 8 heteroatoms. The summed E-state index contributed by atoms with van der Waals surface area (Å²) < 4.78 is 1.86. The molecule has 0 aliphatic rings. The van der Waals surface area contributed by atoms with E-state index in [2.05, 4.69) is 56.9 Å². The summed E-state index contributed by atoms with van der Waals surface area (Å²) in [5.41, 5.74) is 3.28. The van der Waals surface area contributed by atoms with Crippen LogP contribution in [0.4, 0.5) is 5.82 Å². The number of pyridine rings is 1. The molecule has 0 bridgehead atoms. The molecule has 0 radical (unpaired) electrons. The summed E-state index contributed by atoms with van der Waals surface area (Å²) >= 11 is 0. The lowest BCUT2D eigenvalue weighted by atomic mass is 10.1. The van der Waals surface area contributed by atoms with Crippen LogP contribution in [-0.2, 0) is 13.0 Å². The first kappa shape index (κ1) is 23.7. The van der Waals surface area contributed by atoms with Gasteiger partial charge in [0.1, 0.15) is 5.82 Å². The van der Waals surface area contributed by atoms with E-state index in [0.717, 1.165) is 42.7 Å². The molecule has 2 N–H and O–H groups in total. The molecule has 30 heavy (non-hydrogen) atoms. The number of nitrogens with zero attached hydrogens (tertiary/aromatic N) is 5. The van der Waals surface area contributed by atoms with E-state index in [1.807, 2.05) is 54.1 Å². The van der Waals surface area contributed by atoms with Crippen molar-refractivity contribution in [2.24, 2.45) is 4.99 Å². The zero-order valence-corrected chi connectivity index (χ0v) is 20.1. The van der Waals surface area contributed by atoms with Crippen molar-refractivity contribution in [3.63, 3.8) is 0 Å². The highest BCUT2D eigenvalue weighted by Crippen LogP contribution is 2.10. The van der Waals surface area contributed by atoms with Crippen LogP contribution in [0.1, 0.15) is 18.2 Å². The zero-order valence-electron chi connectivity index (χ0n) is 17.7. The van der Waals surface area contributed by atoms with Crippen molar-refractivity contribution in [1.82, 2.24) is 25.4 Å². The third-order valence-electron chi connectivity index (χ3n) is 4.41. The van der Waals surface area contributed by atoms with Gasteiger partial charge in [0.15, 0.2) is 5.96 Å². The lowest BCUT2D eigenvalue weighted by Crippen LogP contribution is -2.38. The van der Waals surface area contributed by atoms with Crippen molar-refractivity contribution in [3.8, 4) is 5.69 Å². The number of hydrogen-bond donors (Lipinski definition) is 2. The zero-order chi connectivity index (χ0) is 20.5. The molecule has 3 rings (SSSR count). The highest BCUT2D eigenvalue weighted by molar-refractivity contribution is 14.0. The van der Waals surface area contributed by atoms with Crippen molar-refractivity contribution in [2.75, 3.05) is 32.1 Å². The standard InChI is InChI=1S/C22H29N7.HI/c1-4-23-22(25-17-19-7-5-8-21(27-19)28(2)3)24-15-13-18-9-11-20(12-10-18)29-16-6-14-26-29;/h5-12,14,16H,4,13,15,17H2,1-3H3,(H2,23,24,25);1H. The fourth-order valence-corrected chi connectivity index (χ4v) is 2.87. The summed E-state index contributed by atoms with van der Waals surface area (Å²) in [5, 5.41) is 11.0. The summed E-state index contributed by atoms with van der Waals surface area (Å²) in [4.78, 5) is 11.3. The third kappa shape index (κ3) is 7.01. The fraction of sp³-hybridized carbons (Fsp3) is 0.318. The molecular weight excluding hydrogens is 489 g/mol. The van der Waals surface area contributed by atoms with E-state index in [1.54, 1.807) is 6.20 Å². The monoisotopic (exact) mass is 519 g/mol. The minimum Gasteiger partial charge on any atom is -0.363 e. The lowest BCUT2D eigenvalue weighted by molar-refractivity contribution is 0.795. The van der Waals surface area contributed by atoms with Gasteiger partial charge < -0.3 is 15.5 Å². The van der Waals surface area contributed by atoms with Gasteiger partial charge in [0.2, 0.25) is 0 Å². The molecule has 1 aromatic carbocycles. The molecule has 3 aromatic rings. The van der Waals surface area contributed by atoms with E-state index < -0.39 is 0 Å². The van der Waals surface area contributed by atoms with E-state index in [0.29, 0.717) is 6.54 Å². The van der Waals surface area contributed by atoms with Crippen molar-refractivity contribution < 1.29 is 0 Å². The molecule has 160 valence electrons. The predicted octanol–water partition coefficient (Wildman–Crippen LogP) is 3.25. The Morgan fingerprint density at radius 3 is 2.53 bits per heavy atom. The van der Waals surface area contributed by atoms with Crippen LogP contribution in [0, 0.1) is 0 Å². The van der Waals surface area contributed by atoms with Gasteiger partial charge in [-0.1, -0.05) is 18.2 Å².